The van der Waals surface area contributed by atoms with Crippen molar-refractivity contribution in [3.63, 3.8) is 0 Å². The van der Waals surface area contributed by atoms with E-state index in [4.69, 9.17) is 4.74 Å². The third kappa shape index (κ3) is 3.09. The van der Waals surface area contributed by atoms with Crippen LogP contribution in [0, 0.1) is 0 Å². The van der Waals surface area contributed by atoms with Gasteiger partial charge >= 0.3 is 0 Å². The first-order valence-electron chi connectivity index (χ1n) is 13.7. The van der Waals surface area contributed by atoms with Crippen molar-refractivity contribution in [2.75, 3.05) is 5.06 Å². The van der Waals surface area contributed by atoms with Gasteiger partial charge in [-0.15, -0.1) is 0 Å². The normalized spacial score (nSPS) is 12.7. The van der Waals surface area contributed by atoms with Gasteiger partial charge in [0, 0.05) is 33.7 Å². The van der Waals surface area contributed by atoms with Gasteiger partial charge in [0.1, 0.15) is 11.4 Å². The lowest BCUT2D eigenvalue weighted by atomic mass is 10.1. The Hall–Kier alpha value is -5.52. The first-order valence-corrected chi connectivity index (χ1v) is 13.7. The van der Waals surface area contributed by atoms with Crippen LogP contribution in [0.3, 0.4) is 0 Å². The van der Waals surface area contributed by atoms with Gasteiger partial charge in [0.05, 0.1) is 33.4 Å². The smallest absolute Gasteiger partial charge is 0.155 e. The Kier molecular flexibility index (Phi) is 4.49. The number of rotatable bonds is 2. The largest absolute Gasteiger partial charge is 0.453 e. The second-order valence-electron chi connectivity index (χ2n) is 10.5. The summed E-state index contributed by atoms with van der Waals surface area (Å²) in [6, 6.07) is 45.6. The van der Waals surface area contributed by atoms with E-state index in [2.05, 4.69) is 106 Å². The Bertz CT molecular complexity index is 2060. The molecule has 0 spiro atoms. The maximum Gasteiger partial charge on any atom is 0.155 e. The average Bonchev–Trinajstić information content (AvgIpc) is 3.54. The van der Waals surface area contributed by atoms with Crippen LogP contribution in [-0.4, -0.2) is 14.3 Å². The van der Waals surface area contributed by atoms with Crippen LogP contribution in [-0.2, 0) is 0 Å². The molecule has 0 fully saturated rings. The number of fused-ring (bicyclic) bond motifs is 8. The number of benzene rings is 6. The predicted molar refractivity (Wildman–Crippen MR) is 166 cm³/mol. The summed E-state index contributed by atoms with van der Waals surface area (Å²) in [5, 5.41) is 17.3. The van der Waals surface area contributed by atoms with Crippen molar-refractivity contribution in [1.82, 2.24) is 9.13 Å². The van der Waals surface area contributed by atoms with Gasteiger partial charge in [-0.05, 0) is 48.5 Å². The van der Waals surface area contributed by atoms with Gasteiger partial charge in [-0.3, -0.25) is 5.21 Å². The number of hydrogen-bond acceptors (Lipinski definition) is 3. The van der Waals surface area contributed by atoms with E-state index in [1.165, 1.54) is 26.6 Å². The van der Waals surface area contributed by atoms with E-state index in [0.717, 1.165) is 33.4 Å². The summed E-state index contributed by atoms with van der Waals surface area (Å²) in [6.45, 7) is 0. The molecule has 5 heteroatoms. The molecule has 0 radical (unpaired) electrons. The monoisotopic (exact) mass is 529 g/mol. The molecular formula is C36H23N3O2. The fraction of sp³-hybridized carbons (Fsp3) is 0. The van der Waals surface area contributed by atoms with Crippen molar-refractivity contribution in [1.29, 1.82) is 0 Å². The molecule has 0 saturated heterocycles. The molecule has 0 unspecified atom stereocenters. The zero-order valence-electron chi connectivity index (χ0n) is 21.9. The SMILES string of the molecule is ON1c2ccc(-n3c4ccccc4c4ccccc43)cc2Oc2cc(-n3c4ccccc4c4ccccc43)ccc21. The molecule has 0 amide bonds. The fourth-order valence-corrected chi connectivity index (χ4v) is 6.45. The third-order valence-corrected chi connectivity index (χ3v) is 8.24. The molecule has 2 aromatic heterocycles. The average molecular weight is 530 g/mol. The van der Waals surface area contributed by atoms with Crippen molar-refractivity contribution >= 4 is 55.0 Å². The lowest BCUT2D eigenvalue weighted by Crippen LogP contribution is -2.17. The van der Waals surface area contributed by atoms with Gasteiger partial charge in [-0.2, -0.15) is 0 Å². The Morgan fingerprint density at radius 2 is 0.756 bits per heavy atom. The van der Waals surface area contributed by atoms with Crippen molar-refractivity contribution in [3.8, 4) is 22.9 Å². The second-order valence-corrected chi connectivity index (χ2v) is 10.5. The highest BCUT2D eigenvalue weighted by molar-refractivity contribution is 6.10. The summed E-state index contributed by atoms with van der Waals surface area (Å²) in [7, 11) is 0. The fourth-order valence-electron chi connectivity index (χ4n) is 6.45. The molecule has 0 saturated carbocycles. The quantitative estimate of drug-likeness (QED) is 0.242. The van der Waals surface area contributed by atoms with Crippen molar-refractivity contribution < 1.29 is 9.94 Å². The van der Waals surface area contributed by atoms with Crippen LogP contribution >= 0.6 is 0 Å². The molecule has 0 atom stereocenters. The van der Waals surface area contributed by atoms with Crippen LogP contribution in [0.15, 0.2) is 133 Å². The van der Waals surface area contributed by atoms with Crippen molar-refractivity contribution in [2.24, 2.45) is 0 Å². The van der Waals surface area contributed by atoms with Gasteiger partial charge < -0.3 is 13.9 Å². The Balaban J connectivity index is 1.20. The maximum absolute atomic E-state index is 11.3. The van der Waals surface area contributed by atoms with Gasteiger partial charge in [-0.1, -0.05) is 72.8 Å². The lowest BCUT2D eigenvalue weighted by Gasteiger charge is -2.28. The predicted octanol–water partition coefficient (Wildman–Crippen LogP) is 9.51. The Morgan fingerprint density at radius 1 is 0.415 bits per heavy atom. The summed E-state index contributed by atoms with van der Waals surface area (Å²) in [4.78, 5) is 0. The standard InChI is InChI=1S/C36H23N3O2/c40-39-33-19-17-23(37-29-13-5-1-9-25(29)26-10-2-6-14-30(26)37)21-35(33)41-36-22-24(18-20-34(36)39)38-31-15-7-3-11-27(31)28-12-4-8-16-32(28)38/h1-22,40H. The van der Waals surface area contributed by atoms with E-state index < -0.39 is 0 Å². The first-order chi connectivity index (χ1) is 20.3. The number of anilines is 2. The number of para-hydroxylation sites is 4. The summed E-state index contributed by atoms with van der Waals surface area (Å²) in [5.74, 6) is 1.19. The molecule has 0 bridgehead atoms. The van der Waals surface area contributed by atoms with E-state index in [1.54, 1.807) is 0 Å². The van der Waals surface area contributed by atoms with Crippen LogP contribution in [0.4, 0.5) is 11.4 Å². The van der Waals surface area contributed by atoms with Crippen LogP contribution in [0.25, 0.3) is 55.0 Å². The zero-order valence-corrected chi connectivity index (χ0v) is 21.9. The minimum Gasteiger partial charge on any atom is -0.453 e. The molecule has 5 nitrogen and oxygen atoms in total. The molecule has 194 valence electrons. The molecule has 1 aliphatic heterocycles. The van der Waals surface area contributed by atoms with Gasteiger partial charge in [0.15, 0.2) is 11.5 Å². The van der Waals surface area contributed by atoms with E-state index in [0.29, 0.717) is 22.9 Å². The Labute approximate surface area is 235 Å². The molecule has 8 aromatic rings. The van der Waals surface area contributed by atoms with Crippen molar-refractivity contribution in [3.05, 3.63) is 133 Å². The van der Waals surface area contributed by atoms with Gasteiger partial charge in [-0.25, -0.2) is 5.06 Å². The maximum atomic E-state index is 11.3. The molecule has 1 N–H and O–H groups in total. The minimum absolute atomic E-state index is 0.596. The zero-order chi connectivity index (χ0) is 27.1. The highest BCUT2D eigenvalue weighted by Crippen LogP contribution is 2.48. The van der Waals surface area contributed by atoms with E-state index in [1.807, 2.05) is 36.4 Å². The number of aromatic nitrogens is 2. The summed E-state index contributed by atoms with van der Waals surface area (Å²) in [6.07, 6.45) is 0. The minimum atomic E-state index is 0.596. The molecule has 6 aromatic carbocycles. The molecule has 41 heavy (non-hydrogen) atoms. The van der Waals surface area contributed by atoms with Crippen LogP contribution in [0.1, 0.15) is 0 Å². The topological polar surface area (TPSA) is 42.6 Å². The molecular weight excluding hydrogens is 506 g/mol. The highest BCUT2D eigenvalue weighted by Gasteiger charge is 2.26. The number of hydrogen-bond donors (Lipinski definition) is 1. The Morgan fingerprint density at radius 3 is 1.12 bits per heavy atom. The number of nitrogens with zero attached hydrogens (tertiary/aromatic N) is 3. The van der Waals surface area contributed by atoms with Crippen molar-refractivity contribution in [2.45, 2.75) is 0 Å². The summed E-state index contributed by atoms with van der Waals surface area (Å²) >= 11 is 0. The van der Waals surface area contributed by atoms with Crippen LogP contribution in [0.2, 0.25) is 0 Å². The molecule has 0 aliphatic carbocycles. The second kappa shape index (κ2) is 8.24. The van der Waals surface area contributed by atoms with E-state index in [9.17, 15) is 5.21 Å². The first kappa shape index (κ1) is 22.3. The third-order valence-electron chi connectivity index (χ3n) is 8.24. The van der Waals surface area contributed by atoms with Crippen LogP contribution in [0.5, 0.6) is 11.5 Å². The molecule has 1 aliphatic rings. The van der Waals surface area contributed by atoms with Crippen LogP contribution < -0.4 is 9.80 Å². The lowest BCUT2D eigenvalue weighted by molar-refractivity contribution is 0.285. The summed E-state index contributed by atoms with van der Waals surface area (Å²) < 4.78 is 11.0. The molecule has 9 rings (SSSR count). The number of ether oxygens (including phenoxy) is 1. The summed E-state index contributed by atoms with van der Waals surface area (Å²) in [5.41, 5.74) is 7.64. The highest BCUT2D eigenvalue weighted by atomic mass is 16.5. The van der Waals surface area contributed by atoms with Gasteiger partial charge in [0.25, 0.3) is 0 Å². The molecule has 3 heterocycles. The van der Waals surface area contributed by atoms with Gasteiger partial charge in [0.2, 0.25) is 0 Å². The van der Waals surface area contributed by atoms with E-state index >= 15 is 0 Å². The van der Waals surface area contributed by atoms with E-state index in [-0.39, 0.29) is 0 Å².